The topological polar surface area (TPSA) is 69.0 Å². The minimum atomic E-state index is -0.264. The van der Waals surface area contributed by atoms with Gasteiger partial charge in [-0.2, -0.15) is 0 Å². The molecule has 1 fully saturated rings. The number of hydrogen-bond acceptors (Lipinski definition) is 4. The molecule has 4 rings (SSSR count). The fourth-order valence-corrected chi connectivity index (χ4v) is 3.56. The van der Waals surface area contributed by atoms with Gasteiger partial charge in [0.25, 0.3) is 5.91 Å². The maximum Gasteiger partial charge on any atom is 0.263 e. The van der Waals surface area contributed by atoms with Crippen molar-refractivity contribution in [3.63, 3.8) is 0 Å². The molecule has 0 spiro atoms. The van der Waals surface area contributed by atoms with E-state index in [2.05, 4.69) is 25.9 Å². The summed E-state index contributed by atoms with van der Waals surface area (Å²) in [5, 5.41) is 2.96. The fourth-order valence-electron chi connectivity index (χ4n) is 3.56. The number of fused-ring (bicyclic) bond motifs is 1. The third-order valence-electron chi connectivity index (χ3n) is 4.72. The molecule has 0 aliphatic heterocycles. The molecule has 128 valence electrons. The first-order valence-corrected chi connectivity index (χ1v) is 8.55. The van der Waals surface area contributed by atoms with Crippen LogP contribution in [-0.2, 0) is 0 Å². The molecule has 6 heteroatoms. The number of benzene rings is 1. The highest BCUT2D eigenvalue weighted by Crippen LogP contribution is 2.35. The van der Waals surface area contributed by atoms with Gasteiger partial charge in [-0.1, -0.05) is 25.0 Å². The molecule has 0 atom stereocenters. The van der Waals surface area contributed by atoms with Crippen LogP contribution in [0.5, 0.6) is 5.88 Å². The Morgan fingerprint density at radius 1 is 1.20 bits per heavy atom. The minimum Gasteiger partial charge on any atom is -0.480 e. The quantitative estimate of drug-likeness (QED) is 0.786. The molecular weight excluding hydrogens is 316 g/mol. The van der Waals surface area contributed by atoms with Crippen LogP contribution in [0.15, 0.2) is 42.6 Å². The summed E-state index contributed by atoms with van der Waals surface area (Å²) in [6, 6.07) is 11.8. The Labute approximate surface area is 145 Å². The third kappa shape index (κ3) is 2.84. The summed E-state index contributed by atoms with van der Waals surface area (Å²) in [4.78, 5) is 21.5. The molecule has 25 heavy (non-hydrogen) atoms. The number of anilines is 1. The molecule has 1 saturated carbocycles. The summed E-state index contributed by atoms with van der Waals surface area (Å²) in [7, 11) is 1.51. The highest BCUT2D eigenvalue weighted by molar-refractivity contribution is 6.05. The number of ether oxygens (including phenoxy) is 1. The number of methoxy groups -OCH3 is 1. The van der Waals surface area contributed by atoms with Crippen molar-refractivity contribution in [3.05, 3.63) is 48.2 Å². The predicted molar refractivity (Wildman–Crippen MR) is 96.0 cm³/mol. The maximum absolute atomic E-state index is 12.8. The lowest BCUT2D eigenvalue weighted by Gasteiger charge is -2.16. The van der Waals surface area contributed by atoms with Gasteiger partial charge in [0, 0.05) is 12.2 Å². The Hall–Kier alpha value is -2.89. The van der Waals surface area contributed by atoms with Crippen molar-refractivity contribution in [2.75, 3.05) is 12.4 Å². The number of nitrogens with zero attached hydrogens (tertiary/aromatic N) is 3. The number of hydrogen-bond donors (Lipinski definition) is 1. The van der Waals surface area contributed by atoms with E-state index in [9.17, 15) is 4.79 Å². The van der Waals surface area contributed by atoms with Gasteiger partial charge in [-0.05, 0) is 37.1 Å². The molecule has 1 aliphatic carbocycles. The Morgan fingerprint density at radius 3 is 2.80 bits per heavy atom. The van der Waals surface area contributed by atoms with Gasteiger partial charge in [0.2, 0.25) is 11.8 Å². The number of pyridine rings is 1. The van der Waals surface area contributed by atoms with Gasteiger partial charge in [-0.15, -0.1) is 0 Å². The zero-order valence-electron chi connectivity index (χ0n) is 14.1. The average Bonchev–Trinajstić information content (AvgIpc) is 3.28. The highest BCUT2D eigenvalue weighted by atomic mass is 16.5. The van der Waals surface area contributed by atoms with Crippen LogP contribution >= 0.6 is 0 Å². The summed E-state index contributed by atoms with van der Waals surface area (Å²) < 4.78 is 7.36. The SMILES string of the molecule is COc1ncccc1C(=O)Nc1nc2ccccc2n1C1CCCC1. The second-order valence-corrected chi connectivity index (χ2v) is 6.25. The Kier molecular flexibility index (Phi) is 4.09. The summed E-state index contributed by atoms with van der Waals surface area (Å²) in [5.74, 6) is 0.632. The lowest BCUT2D eigenvalue weighted by molar-refractivity contribution is 0.102. The van der Waals surface area contributed by atoms with Crippen LogP contribution in [0.25, 0.3) is 11.0 Å². The monoisotopic (exact) mass is 336 g/mol. The van der Waals surface area contributed by atoms with Gasteiger partial charge in [-0.3, -0.25) is 10.1 Å². The number of nitrogens with one attached hydrogen (secondary N) is 1. The number of carbonyl (C=O) groups excluding carboxylic acids is 1. The van der Waals surface area contributed by atoms with E-state index in [4.69, 9.17) is 4.74 Å². The van der Waals surface area contributed by atoms with Gasteiger partial charge in [0.1, 0.15) is 5.56 Å². The van der Waals surface area contributed by atoms with Crippen molar-refractivity contribution in [3.8, 4) is 5.88 Å². The van der Waals surface area contributed by atoms with Crippen LogP contribution in [0, 0.1) is 0 Å². The highest BCUT2D eigenvalue weighted by Gasteiger charge is 2.24. The first-order valence-electron chi connectivity index (χ1n) is 8.55. The van der Waals surface area contributed by atoms with Gasteiger partial charge in [0.15, 0.2) is 0 Å². The van der Waals surface area contributed by atoms with Crippen molar-refractivity contribution >= 4 is 22.9 Å². The van der Waals surface area contributed by atoms with E-state index in [0.29, 0.717) is 23.4 Å². The number of rotatable bonds is 4. The first-order chi connectivity index (χ1) is 12.3. The summed E-state index contributed by atoms with van der Waals surface area (Å²) in [6.07, 6.45) is 6.24. The molecule has 1 aromatic carbocycles. The molecule has 0 saturated heterocycles. The largest absolute Gasteiger partial charge is 0.480 e. The van der Waals surface area contributed by atoms with E-state index >= 15 is 0 Å². The lowest BCUT2D eigenvalue weighted by Crippen LogP contribution is -2.18. The molecule has 0 radical (unpaired) electrons. The second-order valence-electron chi connectivity index (χ2n) is 6.25. The van der Waals surface area contributed by atoms with Crippen LogP contribution in [0.2, 0.25) is 0 Å². The summed E-state index contributed by atoms with van der Waals surface area (Å²) in [5.41, 5.74) is 2.35. The molecule has 1 amide bonds. The summed E-state index contributed by atoms with van der Waals surface area (Å²) >= 11 is 0. The van der Waals surface area contributed by atoms with Crippen LogP contribution in [0.4, 0.5) is 5.95 Å². The number of imidazole rings is 1. The zero-order valence-corrected chi connectivity index (χ0v) is 14.1. The van der Waals surface area contributed by atoms with E-state index in [1.54, 1.807) is 18.3 Å². The fraction of sp³-hybridized carbons (Fsp3) is 0.316. The molecular formula is C19H20N4O2. The maximum atomic E-state index is 12.8. The molecule has 2 heterocycles. The van der Waals surface area contributed by atoms with E-state index in [1.807, 2.05) is 18.2 Å². The molecule has 1 aliphatic rings. The second kappa shape index (κ2) is 6.55. The Morgan fingerprint density at radius 2 is 2.00 bits per heavy atom. The van der Waals surface area contributed by atoms with Crippen LogP contribution in [0.1, 0.15) is 42.1 Å². The zero-order chi connectivity index (χ0) is 17.2. The van der Waals surface area contributed by atoms with Gasteiger partial charge >= 0.3 is 0 Å². The number of para-hydroxylation sites is 2. The smallest absolute Gasteiger partial charge is 0.263 e. The molecule has 0 bridgehead atoms. The normalized spacial score (nSPS) is 14.8. The number of amides is 1. The molecule has 3 aromatic rings. The van der Waals surface area contributed by atoms with Gasteiger partial charge in [-0.25, -0.2) is 9.97 Å². The van der Waals surface area contributed by atoms with Crippen molar-refractivity contribution in [1.82, 2.24) is 14.5 Å². The van der Waals surface area contributed by atoms with Gasteiger partial charge in [0.05, 0.1) is 18.1 Å². The number of carbonyl (C=O) groups is 1. The first kappa shape index (κ1) is 15.6. The van der Waals surface area contributed by atoms with Crippen LogP contribution in [-0.4, -0.2) is 27.6 Å². The van der Waals surface area contributed by atoms with Crippen LogP contribution < -0.4 is 10.1 Å². The van der Waals surface area contributed by atoms with E-state index < -0.39 is 0 Å². The average molecular weight is 336 g/mol. The van der Waals surface area contributed by atoms with Crippen molar-refractivity contribution in [1.29, 1.82) is 0 Å². The molecule has 1 N–H and O–H groups in total. The van der Waals surface area contributed by atoms with Crippen molar-refractivity contribution in [2.24, 2.45) is 0 Å². The lowest BCUT2D eigenvalue weighted by atomic mass is 10.2. The Balaban J connectivity index is 1.73. The third-order valence-corrected chi connectivity index (χ3v) is 4.72. The molecule has 2 aromatic heterocycles. The Bertz CT molecular complexity index is 913. The summed E-state index contributed by atoms with van der Waals surface area (Å²) in [6.45, 7) is 0. The molecule has 6 nitrogen and oxygen atoms in total. The minimum absolute atomic E-state index is 0.264. The van der Waals surface area contributed by atoms with Crippen molar-refractivity contribution in [2.45, 2.75) is 31.7 Å². The van der Waals surface area contributed by atoms with Crippen LogP contribution in [0.3, 0.4) is 0 Å². The van der Waals surface area contributed by atoms with E-state index in [0.717, 1.165) is 23.9 Å². The molecule has 0 unspecified atom stereocenters. The van der Waals surface area contributed by atoms with Gasteiger partial charge < -0.3 is 9.30 Å². The van der Waals surface area contributed by atoms with Crippen molar-refractivity contribution < 1.29 is 9.53 Å². The van der Waals surface area contributed by atoms with E-state index in [1.165, 1.54) is 20.0 Å². The predicted octanol–water partition coefficient (Wildman–Crippen LogP) is 3.81. The number of aromatic nitrogens is 3. The standard InChI is InChI=1S/C19H20N4O2/c1-25-18-14(9-6-12-20-18)17(24)22-19-21-15-10-4-5-11-16(15)23(19)13-7-2-3-8-13/h4-6,9-13H,2-3,7-8H2,1H3,(H,21,22,24). The van der Waals surface area contributed by atoms with E-state index in [-0.39, 0.29) is 5.91 Å².